The Kier molecular flexibility index (Phi) is 7.37. The summed E-state index contributed by atoms with van der Waals surface area (Å²) in [7, 11) is -2.14. The van der Waals surface area contributed by atoms with Gasteiger partial charge < -0.3 is 10.4 Å². The van der Waals surface area contributed by atoms with E-state index >= 15 is 0 Å². The number of rotatable bonds is 8. The summed E-state index contributed by atoms with van der Waals surface area (Å²) in [6.45, 7) is 1.49. The van der Waals surface area contributed by atoms with E-state index in [9.17, 15) is 27.5 Å². The molecular weight excluding hydrogens is 566 g/mol. The number of carboxylic acid groups (broad SMARTS) is 1. The van der Waals surface area contributed by atoms with Crippen LogP contribution in [0.2, 0.25) is 0 Å². The lowest BCUT2D eigenvalue weighted by molar-refractivity contribution is 0.0697. The number of nitrogens with one attached hydrogen (secondary N) is 2. The number of aromatic carboxylic acids is 1. The van der Waals surface area contributed by atoms with Crippen LogP contribution in [0, 0.1) is 9.39 Å². The van der Waals surface area contributed by atoms with E-state index in [-0.39, 0.29) is 40.6 Å². The molecule has 0 saturated carbocycles. The fourth-order valence-electron chi connectivity index (χ4n) is 3.05. The van der Waals surface area contributed by atoms with Crippen LogP contribution in [0.4, 0.5) is 21.7 Å². The Labute approximate surface area is 202 Å². The quantitative estimate of drug-likeness (QED) is 0.346. The normalized spacial score (nSPS) is 11.3. The van der Waals surface area contributed by atoms with E-state index in [1.807, 2.05) is 22.6 Å². The lowest BCUT2D eigenvalue weighted by Crippen LogP contribution is -2.26. The van der Waals surface area contributed by atoms with E-state index < -0.39 is 27.4 Å². The fraction of sp³-hybridized carbons (Fsp3) is 0.190. The second kappa shape index (κ2) is 9.87. The maximum absolute atomic E-state index is 14.3. The number of pyridine rings is 2. The van der Waals surface area contributed by atoms with Crippen molar-refractivity contribution in [2.24, 2.45) is 7.05 Å². The van der Waals surface area contributed by atoms with Crippen LogP contribution in [0.5, 0.6) is 0 Å². The van der Waals surface area contributed by atoms with E-state index in [4.69, 9.17) is 0 Å². The van der Waals surface area contributed by atoms with Crippen LogP contribution in [-0.4, -0.2) is 34.8 Å². The first-order valence-corrected chi connectivity index (χ1v) is 12.4. The largest absolute Gasteiger partial charge is 0.478 e. The van der Waals surface area contributed by atoms with Crippen molar-refractivity contribution >= 4 is 55.9 Å². The maximum Gasteiger partial charge on any atom is 0.339 e. The number of nitrogens with zero attached hydrogens (tertiary/aromatic N) is 2. The average molecular weight is 586 g/mol. The van der Waals surface area contributed by atoms with Gasteiger partial charge in [0.25, 0.3) is 5.56 Å². The Morgan fingerprint density at radius 3 is 2.61 bits per heavy atom. The molecule has 0 saturated heterocycles. The third-order valence-corrected chi connectivity index (χ3v) is 6.71. The van der Waals surface area contributed by atoms with Gasteiger partial charge in [-0.25, -0.2) is 22.6 Å². The van der Waals surface area contributed by atoms with Crippen molar-refractivity contribution in [3.63, 3.8) is 0 Å². The van der Waals surface area contributed by atoms with Crippen LogP contribution in [0.25, 0.3) is 0 Å². The lowest BCUT2D eigenvalue weighted by atomic mass is 10.0. The van der Waals surface area contributed by atoms with Crippen molar-refractivity contribution in [2.75, 3.05) is 15.8 Å². The molecule has 0 aliphatic heterocycles. The van der Waals surface area contributed by atoms with Gasteiger partial charge in [-0.1, -0.05) is 0 Å². The molecule has 0 radical (unpaired) electrons. The third kappa shape index (κ3) is 5.87. The van der Waals surface area contributed by atoms with Gasteiger partial charge in [0.2, 0.25) is 10.0 Å². The summed E-state index contributed by atoms with van der Waals surface area (Å²) >= 11 is 1.95. The van der Waals surface area contributed by atoms with E-state index in [2.05, 4.69) is 15.0 Å². The number of benzene rings is 1. The van der Waals surface area contributed by atoms with E-state index in [1.165, 1.54) is 44.4 Å². The van der Waals surface area contributed by atoms with Crippen LogP contribution in [-0.2, 0) is 23.5 Å². The Balaban J connectivity index is 2.00. The first-order chi connectivity index (χ1) is 15.5. The molecule has 3 rings (SSSR count). The summed E-state index contributed by atoms with van der Waals surface area (Å²) in [5.41, 5.74) is 0.0465. The maximum atomic E-state index is 14.3. The molecule has 0 fully saturated rings. The number of sulfonamides is 1. The molecule has 3 N–H and O–H groups in total. The molecule has 12 heteroatoms. The molecule has 0 amide bonds. The zero-order valence-corrected chi connectivity index (χ0v) is 20.6. The van der Waals surface area contributed by atoms with Gasteiger partial charge in [0.15, 0.2) is 0 Å². The number of carbonyl (C=O) groups is 1. The average Bonchev–Trinajstić information content (AvgIpc) is 2.74. The third-order valence-electron chi connectivity index (χ3n) is 4.76. The molecule has 0 unspecified atom stereocenters. The summed E-state index contributed by atoms with van der Waals surface area (Å²) in [5, 5.41) is 12.4. The first kappa shape index (κ1) is 24.6. The van der Waals surface area contributed by atoms with Crippen LogP contribution < -0.4 is 15.6 Å². The molecule has 174 valence electrons. The first-order valence-electron chi connectivity index (χ1n) is 9.64. The van der Waals surface area contributed by atoms with E-state index in [1.54, 1.807) is 12.1 Å². The van der Waals surface area contributed by atoms with Crippen LogP contribution in [0.15, 0.2) is 47.4 Å². The fourth-order valence-corrected chi connectivity index (χ4v) is 4.08. The lowest BCUT2D eigenvalue weighted by Gasteiger charge is -2.16. The highest BCUT2D eigenvalue weighted by Crippen LogP contribution is 2.25. The molecule has 0 spiro atoms. The highest BCUT2D eigenvalue weighted by molar-refractivity contribution is 14.1. The predicted molar refractivity (Wildman–Crippen MR) is 131 cm³/mol. The van der Waals surface area contributed by atoms with Crippen LogP contribution >= 0.6 is 22.6 Å². The van der Waals surface area contributed by atoms with E-state index in [0.29, 0.717) is 9.13 Å². The molecule has 1 aromatic carbocycles. The molecular formula is C21H20FIN4O5S. The molecule has 33 heavy (non-hydrogen) atoms. The van der Waals surface area contributed by atoms with Gasteiger partial charge in [-0.05, 0) is 71.5 Å². The molecule has 3 aromatic rings. The summed E-state index contributed by atoms with van der Waals surface area (Å²) in [5.74, 6) is -1.99. The van der Waals surface area contributed by atoms with Crippen LogP contribution in [0.1, 0.15) is 28.4 Å². The van der Waals surface area contributed by atoms with Gasteiger partial charge in [-0.3, -0.25) is 14.1 Å². The number of hydrogen-bond acceptors (Lipinski definition) is 6. The minimum absolute atomic E-state index is 0.0302. The van der Waals surface area contributed by atoms with Gasteiger partial charge in [-0.15, -0.1) is 0 Å². The highest BCUT2D eigenvalue weighted by atomic mass is 127. The molecule has 2 heterocycles. The molecule has 9 nitrogen and oxygen atoms in total. The van der Waals surface area contributed by atoms with Gasteiger partial charge in [0.05, 0.1) is 11.4 Å². The van der Waals surface area contributed by atoms with E-state index in [0.717, 1.165) is 4.57 Å². The van der Waals surface area contributed by atoms with Crippen molar-refractivity contribution in [2.45, 2.75) is 13.3 Å². The Bertz CT molecular complexity index is 1390. The van der Waals surface area contributed by atoms with Crippen molar-refractivity contribution in [1.29, 1.82) is 0 Å². The number of hydrogen-bond donors (Lipinski definition) is 3. The van der Waals surface area contributed by atoms with Crippen molar-refractivity contribution in [3.8, 4) is 0 Å². The Morgan fingerprint density at radius 2 is 1.97 bits per heavy atom. The SMILES string of the molecule is CCS(=O)(=O)Nc1cc(Cc2cc(C(=O)O)c(Nc3ccc(I)cc3F)n(C)c2=O)ccn1. The molecule has 0 aliphatic rings. The standard InChI is InChI=1S/C21H20FIN4O5S/c1-3-33(31,32)26-18-9-12(6-7-24-18)8-13-10-15(21(29)30)19(27(2)20(13)28)25-17-5-4-14(23)11-16(17)22/h4-7,9-11,25H,3,8H2,1-2H3,(H,24,26)(H,29,30). The molecule has 0 atom stereocenters. The van der Waals surface area contributed by atoms with Gasteiger partial charge in [0.1, 0.15) is 23.0 Å². The Hall–Kier alpha value is -3.00. The van der Waals surface area contributed by atoms with Crippen LogP contribution in [0.3, 0.4) is 0 Å². The summed E-state index contributed by atoms with van der Waals surface area (Å²) in [4.78, 5) is 28.9. The number of aromatic nitrogens is 2. The second-order valence-electron chi connectivity index (χ2n) is 7.08. The molecule has 0 bridgehead atoms. The minimum Gasteiger partial charge on any atom is -0.478 e. The zero-order valence-electron chi connectivity index (χ0n) is 17.6. The van der Waals surface area contributed by atoms with Gasteiger partial charge >= 0.3 is 5.97 Å². The molecule has 0 aliphatic carbocycles. The Morgan fingerprint density at radius 1 is 1.24 bits per heavy atom. The topological polar surface area (TPSA) is 130 Å². The predicted octanol–water partition coefficient (Wildman–Crippen LogP) is 3.32. The van der Waals surface area contributed by atoms with Gasteiger partial charge in [0, 0.05) is 28.8 Å². The smallest absolute Gasteiger partial charge is 0.339 e. The summed E-state index contributed by atoms with van der Waals surface area (Å²) < 4.78 is 42.0. The summed E-state index contributed by atoms with van der Waals surface area (Å²) in [6, 6.07) is 8.68. The second-order valence-corrected chi connectivity index (χ2v) is 10.3. The zero-order chi connectivity index (χ0) is 24.3. The minimum atomic E-state index is -3.53. The number of carboxylic acids is 1. The van der Waals surface area contributed by atoms with Crippen molar-refractivity contribution in [3.05, 3.63) is 79.0 Å². The van der Waals surface area contributed by atoms with Crippen molar-refractivity contribution in [1.82, 2.24) is 9.55 Å². The summed E-state index contributed by atoms with van der Waals surface area (Å²) in [6.07, 6.45) is 1.43. The number of halogens is 2. The van der Waals surface area contributed by atoms with Crippen molar-refractivity contribution < 1.29 is 22.7 Å². The monoisotopic (exact) mass is 586 g/mol. The molecule has 2 aromatic heterocycles. The highest BCUT2D eigenvalue weighted by Gasteiger charge is 2.19. The van der Waals surface area contributed by atoms with Gasteiger partial charge in [-0.2, -0.15) is 0 Å². The number of anilines is 3.